The lowest BCUT2D eigenvalue weighted by Crippen LogP contribution is -2.05. The van der Waals surface area contributed by atoms with Gasteiger partial charge in [0.1, 0.15) is 17.3 Å². The van der Waals surface area contributed by atoms with Crippen molar-refractivity contribution in [1.29, 1.82) is 0 Å². The molecule has 0 aliphatic carbocycles. The number of nitrogens with zero attached hydrogens (tertiary/aromatic N) is 1. The number of carbonyl (C=O) groups is 1. The van der Waals surface area contributed by atoms with Crippen molar-refractivity contribution in [2.24, 2.45) is 4.99 Å². The van der Waals surface area contributed by atoms with Crippen LogP contribution in [0.4, 0.5) is 4.39 Å². The van der Waals surface area contributed by atoms with E-state index in [9.17, 15) is 9.18 Å². The summed E-state index contributed by atoms with van der Waals surface area (Å²) in [5.74, 6) is 0.659. The molecule has 0 atom stereocenters. The van der Waals surface area contributed by atoms with Gasteiger partial charge < -0.3 is 14.2 Å². The molecule has 0 saturated carbocycles. The maximum Gasteiger partial charge on any atom is 0.363 e. The van der Waals surface area contributed by atoms with Crippen LogP contribution in [0, 0.1) is 5.82 Å². The number of aryl methyl sites for hydroxylation is 1. The number of benzene rings is 2. The van der Waals surface area contributed by atoms with E-state index in [1.54, 1.807) is 49.6 Å². The molecule has 0 spiro atoms. The second kappa shape index (κ2) is 7.82. The van der Waals surface area contributed by atoms with Crippen LogP contribution < -0.4 is 9.47 Å². The molecule has 0 saturated heterocycles. The maximum atomic E-state index is 13.7. The SMILES string of the molecule is COc1ccc(/C=C2/N=C(CCc3ccccc3F)OC2=O)c(OC)c1. The van der Waals surface area contributed by atoms with Crippen molar-refractivity contribution >= 4 is 17.9 Å². The molecule has 0 aromatic heterocycles. The highest BCUT2D eigenvalue weighted by molar-refractivity contribution is 6.07. The van der Waals surface area contributed by atoms with E-state index >= 15 is 0 Å². The van der Waals surface area contributed by atoms with E-state index in [1.807, 2.05) is 0 Å². The normalized spacial score (nSPS) is 15.0. The summed E-state index contributed by atoms with van der Waals surface area (Å²) in [6, 6.07) is 11.8. The van der Waals surface area contributed by atoms with Crippen LogP contribution in [0.3, 0.4) is 0 Å². The number of hydrogen-bond acceptors (Lipinski definition) is 5. The lowest BCUT2D eigenvalue weighted by atomic mass is 10.1. The summed E-state index contributed by atoms with van der Waals surface area (Å²) < 4.78 is 29.3. The van der Waals surface area contributed by atoms with Crippen molar-refractivity contribution in [3.8, 4) is 11.5 Å². The summed E-state index contributed by atoms with van der Waals surface area (Å²) in [5.41, 5.74) is 1.41. The summed E-state index contributed by atoms with van der Waals surface area (Å²) in [4.78, 5) is 16.3. The van der Waals surface area contributed by atoms with Crippen LogP contribution in [-0.4, -0.2) is 26.1 Å². The average Bonchev–Trinajstić information content (AvgIpc) is 3.01. The van der Waals surface area contributed by atoms with E-state index < -0.39 is 5.97 Å². The number of ether oxygens (including phenoxy) is 3. The van der Waals surface area contributed by atoms with Gasteiger partial charge in [-0.2, -0.15) is 0 Å². The van der Waals surface area contributed by atoms with Gasteiger partial charge in [0.2, 0.25) is 0 Å². The minimum Gasteiger partial charge on any atom is -0.497 e. The van der Waals surface area contributed by atoms with Crippen molar-refractivity contribution in [2.45, 2.75) is 12.8 Å². The fourth-order valence-electron chi connectivity index (χ4n) is 2.59. The van der Waals surface area contributed by atoms with Gasteiger partial charge in [0.25, 0.3) is 0 Å². The Kier molecular flexibility index (Phi) is 5.31. The van der Waals surface area contributed by atoms with E-state index in [0.717, 1.165) is 0 Å². The molecule has 2 aromatic carbocycles. The molecule has 6 heteroatoms. The first kappa shape index (κ1) is 17.7. The fourth-order valence-corrected chi connectivity index (χ4v) is 2.59. The molecular formula is C20H18FNO4. The third kappa shape index (κ3) is 3.91. The molecule has 2 aromatic rings. The molecule has 0 N–H and O–H groups in total. The number of aliphatic imine (C=N–C) groups is 1. The zero-order valence-electron chi connectivity index (χ0n) is 14.5. The van der Waals surface area contributed by atoms with E-state index in [2.05, 4.69) is 4.99 Å². The minimum absolute atomic E-state index is 0.178. The molecule has 26 heavy (non-hydrogen) atoms. The van der Waals surface area contributed by atoms with Gasteiger partial charge in [0.15, 0.2) is 11.6 Å². The fraction of sp³-hybridized carbons (Fsp3) is 0.200. The minimum atomic E-state index is -0.536. The van der Waals surface area contributed by atoms with Gasteiger partial charge in [-0.3, -0.25) is 0 Å². The van der Waals surface area contributed by atoms with Crippen LogP contribution >= 0.6 is 0 Å². The number of methoxy groups -OCH3 is 2. The van der Waals surface area contributed by atoms with Crippen LogP contribution in [0.2, 0.25) is 0 Å². The molecule has 1 aliphatic heterocycles. The molecule has 3 rings (SSSR count). The Morgan fingerprint density at radius 2 is 1.92 bits per heavy atom. The van der Waals surface area contributed by atoms with Gasteiger partial charge in [0, 0.05) is 18.1 Å². The Morgan fingerprint density at radius 1 is 1.12 bits per heavy atom. The van der Waals surface area contributed by atoms with Crippen molar-refractivity contribution in [3.05, 3.63) is 65.1 Å². The number of carbonyl (C=O) groups excluding carboxylic acids is 1. The predicted octanol–water partition coefficient (Wildman–Crippen LogP) is 3.77. The summed E-state index contributed by atoms with van der Waals surface area (Å²) in [6.07, 6.45) is 2.33. The van der Waals surface area contributed by atoms with Gasteiger partial charge in [-0.05, 0) is 36.3 Å². The maximum absolute atomic E-state index is 13.7. The molecule has 0 fully saturated rings. The van der Waals surface area contributed by atoms with Gasteiger partial charge in [0.05, 0.1) is 14.2 Å². The van der Waals surface area contributed by atoms with Gasteiger partial charge in [-0.15, -0.1) is 0 Å². The topological polar surface area (TPSA) is 57.1 Å². The molecule has 0 bridgehead atoms. The van der Waals surface area contributed by atoms with Crippen molar-refractivity contribution in [3.63, 3.8) is 0 Å². The summed E-state index contributed by atoms with van der Waals surface area (Å²) in [7, 11) is 3.10. The molecule has 0 amide bonds. The lowest BCUT2D eigenvalue weighted by Gasteiger charge is -2.07. The predicted molar refractivity (Wildman–Crippen MR) is 95.8 cm³/mol. The molecule has 1 heterocycles. The van der Waals surface area contributed by atoms with Crippen LogP contribution in [-0.2, 0) is 16.0 Å². The third-order valence-corrected chi connectivity index (χ3v) is 3.96. The Hall–Kier alpha value is -3.15. The first-order valence-corrected chi connectivity index (χ1v) is 8.07. The largest absolute Gasteiger partial charge is 0.497 e. The van der Waals surface area contributed by atoms with Crippen LogP contribution in [0.5, 0.6) is 11.5 Å². The zero-order chi connectivity index (χ0) is 18.5. The first-order chi connectivity index (χ1) is 12.6. The van der Waals surface area contributed by atoms with Crippen LogP contribution in [0.25, 0.3) is 6.08 Å². The van der Waals surface area contributed by atoms with Gasteiger partial charge in [-0.1, -0.05) is 18.2 Å². The van der Waals surface area contributed by atoms with E-state index in [-0.39, 0.29) is 17.4 Å². The number of esters is 1. The van der Waals surface area contributed by atoms with Gasteiger partial charge >= 0.3 is 5.97 Å². The van der Waals surface area contributed by atoms with Crippen LogP contribution in [0.1, 0.15) is 17.5 Å². The molecule has 5 nitrogen and oxygen atoms in total. The van der Waals surface area contributed by atoms with Crippen LogP contribution in [0.15, 0.2) is 53.2 Å². The highest BCUT2D eigenvalue weighted by Crippen LogP contribution is 2.28. The molecule has 134 valence electrons. The average molecular weight is 355 g/mol. The monoisotopic (exact) mass is 355 g/mol. The van der Waals surface area contributed by atoms with E-state index in [0.29, 0.717) is 35.5 Å². The molecular weight excluding hydrogens is 337 g/mol. The number of halogens is 1. The number of hydrogen-bond donors (Lipinski definition) is 0. The summed E-state index contributed by atoms with van der Waals surface area (Å²) in [6.45, 7) is 0. The van der Waals surface area contributed by atoms with Crippen molar-refractivity contribution < 1.29 is 23.4 Å². The Labute approximate surface area is 150 Å². The highest BCUT2D eigenvalue weighted by atomic mass is 19.1. The third-order valence-electron chi connectivity index (χ3n) is 3.96. The second-order valence-electron chi connectivity index (χ2n) is 5.62. The molecule has 1 aliphatic rings. The highest BCUT2D eigenvalue weighted by Gasteiger charge is 2.23. The number of cyclic esters (lactones) is 1. The smallest absolute Gasteiger partial charge is 0.363 e. The van der Waals surface area contributed by atoms with E-state index in [1.165, 1.54) is 13.2 Å². The van der Waals surface area contributed by atoms with Gasteiger partial charge in [-0.25, -0.2) is 14.2 Å². The Morgan fingerprint density at radius 3 is 2.65 bits per heavy atom. The number of rotatable bonds is 6. The zero-order valence-corrected chi connectivity index (χ0v) is 14.5. The standard InChI is InChI=1S/C20H18FNO4/c1-24-15-9-7-14(18(12-15)25-2)11-17-20(23)26-19(22-17)10-8-13-5-3-4-6-16(13)21/h3-7,9,11-12H,8,10H2,1-2H3/b17-11+. The lowest BCUT2D eigenvalue weighted by molar-refractivity contribution is -0.130. The van der Waals surface area contributed by atoms with Crippen molar-refractivity contribution in [2.75, 3.05) is 14.2 Å². The Balaban J connectivity index is 1.77. The first-order valence-electron chi connectivity index (χ1n) is 8.07. The Bertz CT molecular complexity index is 889. The quantitative estimate of drug-likeness (QED) is 0.585. The molecule has 0 unspecified atom stereocenters. The van der Waals surface area contributed by atoms with Crippen molar-refractivity contribution in [1.82, 2.24) is 0 Å². The second-order valence-corrected chi connectivity index (χ2v) is 5.62. The molecule has 0 radical (unpaired) electrons. The summed E-state index contributed by atoms with van der Waals surface area (Å²) >= 11 is 0. The summed E-state index contributed by atoms with van der Waals surface area (Å²) in [5, 5.41) is 0. The van der Waals surface area contributed by atoms with E-state index in [4.69, 9.17) is 14.2 Å².